The summed E-state index contributed by atoms with van der Waals surface area (Å²) in [5, 5.41) is 0. The van der Waals surface area contributed by atoms with Gasteiger partial charge < -0.3 is 17.3 Å². The minimum absolute atomic E-state index is 0. The average molecular weight is 346 g/mol. The minimum Gasteiger partial charge on any atom is -1.00 e. The van der Waals surface area contributed by atoms with Crippen molar-refractivity contribution in [1.29, 1.82) is 0 Å². The van der Waals surface area contributed by atoms with E-state index in [-0.39, 0.29) is 24.2 Å². The Hall–Kier alpha value is -0.980. The number of carbonyl (C=O) groups excluding carboxylic acids is 1. The second kappa shape index (κ2) is 5.56. The number of carbonyl (C=O) groups is 1. The number of aliphatic imine (C=N–C) groups is 2. The number of quaternary nitrogens is 1. The summed E-state index contributed by atoms with van der Waals surface area (Å²) in [6, 6.07) is 0. The van der Waals surface area contributed by atoms with Crippen LogP contribution in [0.5, 0.6) is 0 Å². The molecule has 7 heteroatoms. The first-order chi connectivity index (χ1) is 8.66. The molecular formula is C12H14BrClN4O. The fourth-order valence-electron chi connectivity index (χ4n) is 2.49. The lowest BCUT2D eigenvalue weighted by molar-refractivity contribution is -0.685. The zero-order valence-corrected chi connectivity index (χ0v) is 12.8. The molecule has 1 amide bonds. The second-order valence-electron chi connectivity index (χ2n) is 4.71. The van der Waals surface area contributed by atoms with E-state index in [1.807, 2.05) is 19.5 Å². The Morgan fingerprint density at radius 2 is 2.32 bits per heavy atom. The Kier molecular flexibility index (Phi) is 4.23. The molecule has 5 nitrogen and oxygen atoms in total. The number of hydrogen-bond acceptors (Lipinski definition) is 3. The maximum absolute atomic E-state index is 11.8. The molecule has 0 aromatic rings. The molecule has 1 fully saturated rings. The molecule has 3 heterocycles. The van der Waals surface area contributed by atoms with Gasteiger partial charge in [0.25, 0.3) is 4.74 Å². The lowest BCUT2D eigenvalue weighted by Crippen LogP contribution is -3.07. The third-order valence-corrected chi connectivity index (χ3v) is 4.19. The molecule has 0 spiro atoms. The number of hydrogen-bond donors (Lipinski definition) is 1. The largest absolute Gasteiger partial charge is 1.00 e. The highest BCUT2D eigenvalue weighted by Gasteiger charge is 2.36. The van der Waals surface area contributed by atoms with Crippen LogP contribution in [0.4, 0.5) is 0 Å². The molecule has 0 aromatic carbocycles. The minimum atomic E-state index is 0. The van der Waals surface area contributed by atoms with E-state index >= 15 is 0 Å². The van der Waals surface area contributed by atoms with Crippen LogP contribution in [0.2, 0.25) is 0 Å². The van der Waals surface area contributed by atoms with Crippen LogP contribution in [0.25, 0.3) is 0 Å². The number of nitrogens with zero attached hydrogens (tertiary/aromatic N) is 3. The van der Waals surface area contributed by atoms with Crippen LogP contribution < -0.4 is 17.3 Å². The summed E-state index contributed by atoms with van der Waals surface area (Å²) in [4.78, 5) is 23.4. The summed E-state index contributed by atoms with van der Waals surface area (Å²) in [6.07, 6.45) is 7.07. The highest BCUT2D eigenvalue weighted by atomic mass is 79.9. The van der Waals surface area contributed by atoms with Gasteiger partial charge in [-0.3, -0.25) is 9.79 Å². The normalized spacial score (nSPS) is 29.3. The third-order valence-electron chi connectivity index (χ3n) is 3.58. The van der Waals surface area contributed by atoms with Crippen LogP contribution in [0.15, 0.2) is 33.8 Å². The van der Waals surface area contributed by atoms with Crippen molar-refractivity contribution in [2.75, 3.05) is 13.6 Å². The van der Waals surface area contributed by atoms with Crippen molar-refractivity contribution in [3.63, 3.8) is 0 Å². The maximum atomic E-state index is 11.8. The van der Waals surface area contributed by atoms with Crippen molar-refractivity contribution in [2.45, 2.75) is 12.8 Å². The van der Waals surface area contributed by atoms with Crippen molar-refractivity contribution in [3.05, 3.63) is 23.8 Å². The van der Waals surface area contributed by atoms with Gasteiger partial charge >= 0.3 is 0 Å². The van der Waals surface area contributed by atoms with Crippen LogP contribution >= 0.6 is 15.9 Å². The average Bonchev–Trinajstić information content (AvgIpc) is 2.71. The summed E-state index contributed by atoms with van der Waals surface area (Å²) >= 11 is 3.48. The Morgan fingerprint density at radius 3 is 3.05 bits per heavy atom. The van der Waals surface area contributed by atoms with Gasteiger partial charge in [0, 0.05) is 41.9 Å². The van der Waals surface area contributed by atoms with E-state index in [0.29, 0.717) is 6.42 Å². The van der Waals surface area contributed by atoms with E-state index in [2.05, 4.69) is 25.9 Å². The topological polar surface area (TPSA) is 49.5 Å². The van der Waals surface area contributed by atoms with Gasteiger partial charge in [-0.2, -0.15) is 4.99 Å². The number of nitrogens with one attached hydrogen (secondary N) is 1. The number of amides is 1. The van der Waals surface area contributed by atoms with Crippen LogP contribution in [0.3, 0.4) is 0 Å². The van der Waals surface area contributed by atoms with Gasteiger partial charge in [-0.15, -0.1) is 0 Å². The summed E-state index contributed by atoms with van der Waals surface area (Å²) in [5.74, 6) is 0.411. The van der Waals surface area contributed by atoms with Crippen molar-refractivity contribution in [1.82, 2.24) is 4.90 Å². The first kappa shape index (κ1) is 14.4. The number of halogens is 2. The molecular weight excluding hydrogens is 332 g/mol. The molecule has 1 N–H and O–H groups in total. The summed E-state index contributed by atoms with van der Waals surface area (Å²) in [6.45, 7) is 0.801. The predicted molar refractivity (Wildman–Crippen MR) is 72.3 cm³/mol. The molecule has 2 atom stereocenters. The molecule has 0 saturated carbocycles. The van der Waals surface area contributed by atoms with E-state index in [0.717, 1.165) is 34.0 Å². The smallest absolute Gasteiger partial charge is 0.279 e. The molecule has 0 bridgehead atoms. The van der Waals surface area contributed by atoms with E-state index in [4.69, 9.17) is 0 Å². The van der Waals surface area contributed by atoms with Crippen molar-refractivity contribution >= 4 is 32.8 Å². The number of likely N-dealkylation sites (tertiary alicyclic amines) is 1. The molecule has 1 saturated heterocycles. The summed E-state index contributed by atoms with van der Waals surface area (Å²) in [5.41, 5.74) is 2.07. The Bertz CT molecular complexity index is 526. The maximum Gasteiger partial charge on any atom is 0.279 e. The van der Waals surface area contributed by atoms with Crippen LogP contribution in [-0.4, -0.2) is 35.4 Å². The van der Waals surface area contributed by atoms with Gasteiger partial charge in [-0.25, -0.2) is 4.90 Å². The van der Waals surface area contributed by atoms with Gasteiger partial charge in [0.2, 0.25) is 5.91 Å². The SMILES string of the molecule is CN1CCC(C2=C3C=NC=C[NH+]3C(Br)=N2)CC1=O.[Cl-]. The first-order valence-electron chi connectivity index (χ1n) is 5.96. The van der Waals surface area contributed by atoms with Crippen molar-refractivity contribution < 1.29 is 22.1 Å². The van der Waals surface area contributed by atoms with E-state index in [1.54, 1.807) is 11.1 Å². The van der Waals surface area contributed by atoms with Gasteiger partial charge in [0.05, 0.1) is 12.4 Å². The lowest BCUT2D eigenvalue weighted by atomic mass is 9.92. The fourth-order valence-corrected chi connectivity index (χ4v) is 3.03. The molecule has 2 unspecified atom stereocenters. The molecule has 0 radical (unpaired) electrons. The molecule has 102 valence electrons. The Labute approximate surface area is 126 Å². The Morgan fingerprint density at radius 1 is 1.53 bits per heavy atom. The summed E-state index contributed by atoms with van der Waals surface area (Å²) < 4.78 is 0.848. The van der Waals surface area contributed by atoms with Gasteiger partial charge in [-0.05, 0) is 6.42 Å². The molecule has 0 aromatic heterocycles. The van der Waals surface area contributed by atoms with Crippen LogP contribution in [0, 0.1) is 5.92 Å². The monoisotopic (exact) mass is 344 g/mol. The van der Waals surface area contributed by atoms with E-state index < -0.39 is 0 Å². The van der Waals surface area contributed by atoms with E-state index in [9.17, 15) is 4.79 Å². The third kappa shape index (κ3) is 2.52. The molecule has 3 aliphatic rings. The van der Waals surface area contributed by atoms with Gasteiger partial charge in [0.1, 0.15) is 11.9 Å². The highest BCUT2D eigenvalue weighted by molar-refractivity contribution is 9.18. The molecule has 0 aliphatic carbocycles. The fraction of sp³-hybridized carbons (Fsp3) is 0.417. The van der Waals surface area contributed by atoms with Crippen molar-refractivity contribution in [3.8, 4) is 0 Å². The standard InChI is InChI=1S/C12H13BrN4O.ClH/c1-16-4-2-8(6-10(16)18)11-9-7-14-3-5-17(9)12(13)15-11;/h3,5,7-8H,2,4,6H2,1H3;1H. The van der Waals surface area contributed by atoms with E-state index in [1.165, 1.54) is 0 Å². The highest BCUT2D eigenvalue weighted by Crippen LogP contribution is 2.29. The number of amidine groups is 1. The van der Waals surface area contributed by atoms with Crippen LogP contribution in [0.1, 0.15) is 12.8 Å². The molecule has 19 heavy (non-hydrogen) atoms. The molecule has 3 rings (SSSR count). The zero-order chi connectivity index (χ0) is 12.7. The number of piperidine rings is 1. The first-order valence-corrected chi connectivity index (χ1v) is 6.76. The molecule has 3 aliphatic heterocycles. The zero-order valence-electron chi connectivity index (χ0n) is 10.4. The summed E-state index contributed by atoms with van der Waals surface area (Å²) in [7, 11) is 1.85. The second-order valence-corrected chi connectivity index (χ2v) is 5.47. The number of rotatable bonds is 1. The quantitative estimate of drug-likeness (QED) is 0.516. The Balaban J connectivity index is 0.00000133. The van der Waals surface area contributed by atoms with Crippen molar-refractivity contribution in [2.24, 2.45) is 15.9 Å². The van der Waals surface area contributed by atoms with Crippen LogP contribution in [-0.2, 0) is 4.79 Å². The van der Waals surface area contributed by atoms with Gasteiger partial charge in [-0.1, -0.05) is 0 Å². The lowest BCUT2D eigenvalue weighted by Gasteiger charge is -2.28. The number of fused-ring (bicyclic) bond motifs is 1. The van der Waals surface area contributed by atoms with Gasteiger partial charge in [0.15, 0.2) is 5.70 Å². The predicted octanol–water partition coefficient (Wildman–Crippen LogP) is -2.72. The number of allylic oxidation sites excluding steroid dienone is 2.